The van der Waals surface area contributed by atoms with Gasteiger partial charge in [-0.2, -0.15) is 0 Å². The fourth-order valence-corrected chi connectivity index (χ4v) is 3.48. The molecule has 0 unspecified atom stereocenters. The molecule has 2 heterocycles. The highest BCUT2D eigenvalue weighted by Crippen LogP contribution is 2.34. The lowest BCUT2D eigenvalue weighted by Gasteiger charge is -2.26. The maximum atomic E-state index is 3.64. The van der Waals surface area contributed by atoms with E-state index >= 15 is 0 Å². The van der Waals surface area contributed by atoms with Gasteiger partial charge in [-0.3, -0.25) is 4.90 Å². The number of aromatic nitrogens is 1. The Bertz CT molecular complexity index is 613. The summed E-state index contributed by atoms with van der Waals surface area (Å²) in [5, 5.41) is 1.48. The zero-order chi connectivity index (χ0) is 14.8. The van der Waals surface area contributed by atoms with Crippen molar-refractivity contribution in [1.29, 1.82) is 0 Å². The predicted octanol–water partition coefficient (Wildman–Crippen LogP) is 4.91. The van der Waals surface area contributed by atoms with Crippen molar-refractivity contribution in [3.63, 3.8) is 0 Å². The fraction of sp³-hybridized carbons (Fsp3) is 0.579. The van der Waals surface area contributed by atoms with Gasteiger partial charge in [0.1, 0.15) is 0 Å². The van der Waals surface area contributed by atoms with Crippen molar-refractivity contribution >= 4 is 10.9 Å². The normalized spacial score (nSPS) is 18.2. The minimum atomic E-state index is 0. The van der Waals surface area contributed by atoms with E-state index in [1.807, 2.05) is 13.8 Å². The molecule has 1 aliphatic heterocycles. The molecular formula is C19H30N2. The van der Waals surface area contributed by atoms with Crippen molar-refractivity contribution in [3.05, 3.63) is 35.0 Å². The summed E-state index contributed by atoms with van der Waals surface area (Å²) < 4.78 is 0. The number of benzene rings is 1. The molecule has 2 aliphatic rings. The van der Waals surface area contributed by atoms with Crippen LogP contribution in [0, 0.1) is 0 Å². The third kappa shape index (κ3) is 2.87. The number of H-pyrrole nitrogens is 1. The molecule has 0 bridgehead atoms. The number of aryl methyl sites for hydroxylation is 1. The van der Waals surface area contributed by atoms with Crippen LogP contribution in [0.15, 0.2) is 18.2 Å². The molecule has 2 heteroatoms. The summed E-state index contributed by atoms with van der Waals surface area (Å²) in [5.41, 5.74) is 5.88. The molecule has 1 fully saturated rings. The quantitative estimate of drug-likeness (QED) is 0.849. The fourth-order valence-electron chi connectivity index (χ4n) is 3.48. The number of nitrogens with zero attached hydrogens (tertiary/aromatic N) is 1. The van der Waals surface area contributed by atoms with E-state index in [-0.39, 0.29) is 1.43 Å². The average Bonchev–Trinajstić information content (AvgIpc) is 3.31. The molecular weight excluding hydrogens is 256 g/mol. The molecule has 2 aromatic rings. The maximum Gasteiger partial charge on any atom is 0.0459 e. The number of nitrogens with one attached hydrogen (secondary N) is 1. The average molecular weight is 286 g/mol. The van der Waals surface area contributed by atoms with Gasteiger partial charge < -0.3 is 4.98 Å². The second kappa shape index (κ2) is 6.23. The van der Waals surface area contributed by atoms with Gasteiger partial charge >= 0.3 is 0 Å². The van der Waals surface area contributed by atoms with Gasteiger partial charge in [0, 0.05) is 43.6 Å². The van der Waals surface area contributed by atoms with Gasteiger partial charge in [0.25, 0.3) is 0 Å². The molecule has 1 aromatic heterocycles. The Hall–Kier alpha value is -1.28. The van der Waals surface area contributed by atoms with E-state index in [2.05, 4.69) is 35.0 Å². The first-order valence-corrected chi connectivity index (χ1v) is 8.71. The van der Waals surface area contributed by atoms with Crippen molar-refractivity contribution in [1.82, 2.24) is 9.88 Å². The van der Waals surface area contributed by atoms with Crippen molar-refractivity contribution < 1.29 is 1.43 Å². The van der Waals surface area contributed by atoms with Crippen molar-refractivity contribution in [3.8, 4) is 0 Å². The SMILES string of the molecule is CC.CCCc1ccc2[nH]c3c(c2c1)CN(C1CC1)CC3.[HH]. The van der Waals surface area contributed by atoms with Gasteiger partial charge in [0.05, 0.1) is 0 Å². The van der Waals surface area contributed by atoms with Gasteiger partial charge in [0.2, 0.25) is 0 Å². The highest BCUT2D eigenvalue weighted by Gasteiger charge is 2.32. The first-order chi connectivity index (χ1) is 10.3. The van der Waals surface area contributed by atoms with Crippen molar-refractivity contribution in [2.45, 2.75) is 65.5 Å². The Morgan fingerprint density at radius 1 is 1.29 bits per heavy atom. The predicted molar refractivity (Wildman–Crippen MR) is 92.9 cm³/mol. The molecule has 2 nitrogen and oxygen atoms in total. The second-order valence-electron chi connectivity index (χ2n) is 6.16. The summed E-state index contributed by atoms with van der Waals surface area (Å²) in [7, 11) is 0. The minimum absolute atomic E-state index is 0. The first kappa shape index (κ1) is 14.6. The summed E-state index contributed by atoms with van der Waals surface area (Å²) in [6.07, 6.45) is 6.45. The van der Waals surface area contributed by atoms with Crippen LogP contribution in [0.4, 0.5) is 0 Å². The molecule has 0 radical (unpaired) electrons. The van der Waals surface area contributed by atoms with Gasteiger partial charge in [-0.25, -0.2) is 0 Å². The number of hydrogen-bond donors (Lipinski definition) is 1. The van der Waals surface area contributed by atoms with Crippen LogP contribution < -0.4 is 0 Å². The topological polar surface area (TPSA) is 19.0 Å². The summed E-state index contributed by atoms with van der Waals surface area (Å²) >= 11 is 0. The molecule has 21 heavy (non-hydrogen) atoms. The van der Waals surface area contributed by atoms with E-state index in [9.17, 15) is 0 Å². The van der Waals surface area contributed by atoms with E-state index in [1.54, 1.807) is 5.56 Å². The lowest BCUT2D eigenvalue weighted by Crippen LogP contribution is -2.31. The van der Waals surface area contributed by atoms with E-state index in [0.29, 0.717) is 0 Å². The lowest BCUT2D eigenvalue weighted by atomic mass is 10.0. The molecule has 0 saturated heterocycles. The Balaban J connectivity index is 0.000000566. The molecule has 116 valence electrons. The Morgan fingerprint density at radius 2 is 2.10 bits per heavy atom. The van der Waals surface area contributed by atoms with Crippen LogP contribution in [0.25, 0.3) is 10.9 Å². The number of aromatic amines is 1. The standard InChI is InChI=1S/C17H22N2.C2H6.H2/c1-2-3-12-4-7-16-14(10-12)15-11-19(13-5-6-13)9-8-17(15)18-16;1-2;/h4,7,10,13,18H,2-3,5-6,8-9,11H2,1H3;1-2H3;1H. The van der Waals surface area contributed by atoms with Gasteiger partial charge in [-0.1, -0.05) is 33.3 Å². The molecule has 1 aromatic carbocycles. The highest BCUT2D eigenvalue weighted by molar-refractivity contribution is 5.85. The molecule has 0 spiro atoms. The third-order valence-corrected chi connectivity index (χ3v) is 4.67. The lowest BCUT2D eigenvalue weighted by molar-refractivity contribution is 0.244. The van der Waals surface area contributed by atoms with Crippen LogP contribution >= 0.6 is 0 Å². The number of hydrogen-bond acceptors (Lipinski definition) is 1. The Kier molecular flexibility index (Phi) is 4.34. The van der Waals surface area contributed by atoms with Crippen LogP contribution in [0.5, 0.6) is 0 Å². The van der Waals surface area contributed by atoms with Crippen molar-refractivity contribution in [2.24, 2.45) is 0 Å². The zero-order valence-corrected chi connectivity index (χ0v) is 13.7. The van der Waals surface area contributed by atoms with Gasteiger partial charge in [-0.05, 0) is 42.5 Å². The monoisotopic (exact) mass is 286 g/mol. The molecule has 1 saturated carbocycles. The van der Waals surface area contributed by atoms with Crippen LogP contribution in [0.2, 0.25) is 0 Å². The minimum Gasteiger partial charge on any atom is -0.358 e. The van der Waals surface area contributed by atoms with E-state index < -0.39 is 0 Å². The second-order valence-corrected chi connectivity index (χ2v) is 6.16. The zero-order valence-electron chi connectivity index (χ0n) is 13.7. The molecule has 0 amide bonds. The summed E-state index contributed by atoms with van der Waals surface area (Å²) in [5.74, 6) is 0. The van der Waals surface area contributed by atoms with E-state index in [1.165, 1.54) is 60.8 Å². The number of fused-ring (bicyclic) bond motifs is 3. The van der Waals surface area contributed by atoms with Gasteiger partial charge in [0.15, 0.2) is 0 Å². The maximum absolute atomic E-state index is 3.64. The van der Waals surface area contributed by atoms with Crippen LogP contribution in [-0.4, -0.2) is 22.5 Å². The summed E-state index contributed by atoms with van der Waals surface area (Å²) in [6, 6.07) is 7.87. The van der Waals surface area contributed by atoms with Gasteiger partial charge in [-0.15, -0.1) is 0 Å². The Morgan fingerprint density at radius 3 is 2.81 bits per heavy atom. The van der Waals surface area contributed by atoms with E-state index in [4.69, 9.17) is 0 Å². The largest absolute Gasteiger partial charge is 0.358 e. The Labute approximate surface area is 130 Å². The first-order valence-electron chi connectivity index (χ1n) is 8.71. The summed E-state index contributed by atoms with van der Waals surface area (Å²) in [6.45, 7) is 8.66. The smallest absolute Gasteiger partial charge is 0.0459 e. The highest BCUT2D eigenvalue weighted by atomic mass is 15.2. The number of rotatable bonds is 3. The van der Waals surface area contributed by atoms with E-state index in [0.717, 1.165) is 12.6 Å². The summed E-state index contributed by atoms with van der Waals surface area (Å²) in [4.78, 5) is 6.32. The van der Waals surface area contributed by atoms with Crippen LogP contribution in [0.1, 0.15) is 58.3 Å². The third-order valence-electron chi connectivity index (χ3n) is 4.67. The van der Waals surface area contributed by atoms with Crippen LogP contribution in [0.3, 0.4) is 0 Å². The van der Waals surface area contributed by atoms with Crippen LogP contribution in [-0.2, 0) is 19.4 Å². The molecule has 1 N–H and O–H groups in total. The molecule has 4 rings (SSSR count). The van der Waals surface area contributed by atoms with Crippen molar-refractivity contribution in [2.75, 3.05) is 6.54 Å². The molecule has 0 atom stereocenters. The molecule has 1 aliphatic carbocycles.